The Hall–Kier alpha value is -1.69. The summed E-state index contributed by atoms with van der Waals surface area (Å²) in [5.41, 5.74) is 1.06. The molecule has 2 aliphatic rings. The summed E-state index contributed by atoms with van der Waals surface area (Å²) in [6, 6.07) is 6.79. The third-order valence-corrected chi connectivity index (χ3v) is 5.47. The molecular formula is C20H28F2N2O2. The van der Waals surface area contributed by atoms with Crippen molar-refractivity contribution in [3.8, 4) is 5.75 Å². The van der Waals surface area contributed by atoms with Crippen LogP contribution in [0.2, 0.25) is 0 Å². The maximum atomic E-state index is 12.5. The summed E-state index contributed by atoms with van der Waals surface area (Å²) < 4.78 is 28.7. The molecule has 144 valence electrons. The number of amides is 1. The van der Waals surface area contributed by atoms with Crippen LogP contribution in [0.1, 0.15) is 44.1 Å². The number of hydrogen-bond donors (Lipinski definition) is 0. The topological polar surface area (TPSA) is 32.8 Å². The Morgan fingerprint density at radius 2 is 1.69 bits per heavy atom. The van der Waals surface area contributed by atoms with Crippen LogP contribution in [0.25, 0.3) is 0 Å². The second kappa shape index (κ2) is 9.31. The van der Waals surface area contributed by atoms with E-state index in [-0.39, 0.29) is 5.75 Å². The normalized spacial score (nSPS) is 19.7. The average Bonchev–Trinajstić information content (AvgIpc) is 2.64. The number of halogens is 2. The highest BCUT2D eigenvalue weighted by Crippen LogP contribution is 2.27. The van der Waals surface area contributed by atoms with Gasteiger partial charge in [0.1, 0.15) is 5.75 Å². The smallest absolute Gasteiger partial charge is 0.387 e. The molecule has 0 N–H and O–H groups in total. The number of carbonyl (C=O) groups is 1. The molecule has 0 unspecified atom stereocenters. The number of hydrogen-bond acceptors (Lipinski definition) is 3. The summed E-state index contributed by atoms with van der Waals surface area (Å²) in [4.78, 5) is 16.8. The molecule has 1 aliphatic heterocycles. The third kappa shape index (κ3) is 5.66. The molecule has 6 heteroatoms. The molecule has 26 heavy (non-hydrogen) atoms. The van der Waals surface area contributed by atoms with Crippen molar-refractivity contribution in [1.82, 2.24) is 9.80 Å². The Morgan fingerprint density at radius 1 is 1.04 bits per heavy atom. The van der Waals surface area contributed by atoms with Crippen molar-refractivity contribution in [3.63, 3.8) is 0 Å². The molecule has 0 aromatic heterocycles. The van der Waals surface area contributed by atoms with Gasteiger partial charge < -0.3 is 9.64 Å². The Kier molecular flexibility index (Phi) is 6.83. The van der Waals surface area contributed by atoms with E-state index >= 15 is 0 Å². The molecule has 0 bridgehead atoms. The van der Waals surface area contributed by atoms with Crippen LogP contribution < -0.4 is 4.74 Å². The van der Waals surface area contributed by atoms with Gasteiger partial charge in [-0.1, -0.05) is 31.4 Å². The van der Waals surface area contributed by atoms with E-state index < -0.39 is 6.61 Å². The predicted molar refractivity (Wildman–Crippen MR) is 96.1 cm³/mol. The van der Waals surface area contributed by atoms with Gasteiger partial charge in [-0.25, -0.2) is 0 Å². The Labute approximate surface area is 154 Å². The summed E-state index contributed by atoms with van der Waals surface area (Å²) in [6.07, 6.45) is 6.98. The van der Waals surface area contributed by atoms with Gasteiger partial charge in [0.15, 0.2) is 0 Å². The van der Waals surface area contributed by atoms with E-state index in [2.05, 4.69) is 9.64 Å². The standard InChI is InChI=1S/C20H28F2N2O2/c21-20(22)26-18-8-6-17(7-9-18)15-23-10-12-24(13-11-23)19(25)14-16-4-2-1-3-5-16/h6-9,16,20H,1-5,10-15H2. The second-order valence-electron chi connectivity index (χ2n) is 7.39. The summed E-state index contributed by atoms with van der Waals surface area (Å²) in [5, 5.41) is 0. The zero-order valence-electron chi connectivity index (χ0n) is 15.2. The molecule has 0 spiro atoms. The molecule has 1 aromatic rings. The van der Waals surface area contributed by atoms with E-state index in [1.54, 1.807) is 12.1 Å². The second-order valence-corrected chi connectivity index (χ2v) is 7.39. The molecule has 0 radical (unpaired) electrons. The van der Waals surface area contributed by atoms with Gasteiger partial charge in [-0.3, -0.25) is 9.69 Å². The minimum absolute atomic E-state index is 0.182. The van der Waals surface area contributed by atoms with Crippen molar-refractivity contribution in [2.75, 3.05) is 26.2 Å². The highest BCUT2D eigenvalue weighted by Gasteiger charge is 2.24. The molecule has 1 amide bonds. The van der Waals surface area contributed by atoms with E-state index in [1.807, 2.05) is 17.0 Å². The van der Waals surface area contributed by atoms with E-state index in [0.717, 1.165) is 38.3 Å². The third-order valence-electron chi connectivity index (χ3n) is 5.47. The number of nitrogens with zero attached hydrogens (tertiary/aromatic N) is 2. The van der Waals surface area contributed by atoms with E-state index in [9.17, 15) is 13.6 Å². The Bertz CT molecular complexity index is 566. The summed E-state index contributed by atoms with van der Waals surface area (Å²) in [5.74, 6) is 1.08. The fourth-order valence-corrected chi connectivity index (χ4v) is 3.96. The van der Waals surface area contributed by atoms with Gasteiger partial charge in [0.25, 0.3) is 0 Å². The summed E-state index contributed by atoms with van der Waals surface area (Å²) in [6.45, 7) is 1.23. The monoisotopic (exact) mass is 366 g/mol. The predicted octanol–water partition coefficient (Wildman–Crippen LogP) is 3.90. The van der Waals surface area contributed by atoms with Crippen LogP contribution in [0.4, 0.5) is 8.78 Å². The zero-order chi connectivity index (χ0) is 18.4. The molecule has 1 heterocycles. The van der Waals surface area contributed by atoms with Crippen molar-refractivity contribution >= 4 is 5.91 Å². The first-order valence-electron chi connectivity index (χ1n) is 9.64. The lowest BCUT2D eigenvalue weighted by Crippen LogP contribution is -2.48. The van der Waals surface area contributed by atoms with Crippen molar-refractivity contribution in [2.45, 2.75) is 51.7 Å². The number of piperazine rings is 1. The largest absolute Gasteiger partial charge is 0.435 e. The minimum atomic E-state index is -2.79. The van der Waals surface area contributed by atoms with Gasteiger partial charge in [-0.05, 0) is 36.5 Å². The Morgan fingerprint density at radius 3 is 2.31 bits per heavy atom. The maximum absolute atomic E-state index is 12.5. The van der Waals surface area contributed by atoms with Crippen LogP contribution >= 0.6 is 0 Å². The lowest BCUT2D eigenvalue weighted by Gasteiger charge is -2.35. The highest BCUT2D eigenvalue weighted by molar-refractivity contribution is 5.76. The first-order valence-corrected chi connectivity index (χ1v) is 9.64. The van der Waals surface area contributed by atoms with E-state index in [4.69, 9.17) is 0 Å². The first kappa shape index (κ1) is 19.1. The molecule has 1 saturated heterocycles. The van der Waals surface area contributed by atoms with Gasteiger partial charge in [0, 0.05) is 39.1 Å². The van der Waals surface area contributed by atoms with Gasteiger partial charge in [0.2, 0.25) is 5.91 Å². The molecule has 1 saturated carbocycles. The van der Waals surface area contributed by atoms with E-state index in [1.165, 1.54) is 32.1 Å². The Balaban J connectivity index is 1.41. The number of benzene rings is 1. The van der Waals surface area contributed by atoms with E-state index in [0.29, 0.717) is 18.2 Å². The van der Waals surface area contributed by atoms with Gasteiger partial charge in [0.05, 0.1) is 0 Å². The van der Waals surface area contributed by atoms with Crippen molar-refractivity contribution in [1.29, 1.82) is 0 Å². The van der Waals surface area contributed by atoms with Crippen LogP contribution in [-0.4, -0.2) is 48.5 Å². The molecule has 1 aliphatic carbocycles. The molecule has 1 aromatic carbocycles. The van der Waals surface area contributed by atoms with Crippen LogP contribution in [-0.2, 0) is 11.3 Å². The quantitative estimate of drug-likeness (QED) is 0.765. The number of rotatable bonds is 6. The molecule has 3 rings (SSSR count). The van der Waals surface area contributed by atoms with Gasteiger partial charge in [-0.15, -0.1) is 0 Å². The lowest BCUT2D eigenvalue weighted by atomic mass is 9.86. The van der Waals surface area contributed by atoms with Crippen LogP contribution in [0.5, 0.6) is 5.75 Å². The zero-order valence-corrected chi connectivity index (χ0v) is 15.2. The van der Waals surface area contributed by atoms with Gasteiger partial charge in [-0.2, -0.15) is 8.78 Å². The maximum Gasteiger partial charge on any atom is 0.387 e. The summed E-state index contributed by atoms with van der Waals surface area (Å²) in [7, 11) is 0. The van der Waals surface area contributed by atoms with Gasteiger partial charge >= 0.3 is 6.61 Å². The van der Waals surface area contributed by atoms with Crippen molar-refractivity contribution in [3.05, 3.63) is 29.8 Å². The van der Waals surface area contributed by atoms with Crippen LogP contribution in [0.3, 0.4) is 0 Å². The van der Waals surface area contributed by atoms with Crippen LogP contribution in [0, 0.1) is 5.92 Å². The lowest BCUT2D eigenvalue weighted by molar-refractivity contribution is -0.134. The highest BCUT2D eigenvalue weighted by atomic mass is 19.3. The molecule has 0 atom stereocenters. The molecule has 2 fully saturated rings. The number of ether oxygens (including phenoxy) is 1. The minimum Gasteiger partial charge on any atom is -0.435 e. The fraction of sp³-hybridized carbons (Fsp3) is 0.650. The molecular weight excluding hydrogens is 338 g/mol. The first-order chi connectivity index (χ1) is 12.6. The average molecular weight is 366 g/mol. The summed E-state index contributed by atoms with van der Waals surface area (Å²) >= 11 is 0. The van der Waals surface area contributed by atoms with Crippen LogP contribution in [0.15, 0.2) is 24.3 Å². The fourth-order valence-electron chi connectivity index (χ4n) is 3.96. The molecule has 4 nitrogen and oxygen atoms in total. The number of carbonyl (C=O) groups excluding carboxylic acids is 1. The number of alkyl halides is 2. The van der Waals surface area contributed by atoms with Crippen molar-refractivity contribution < 1.29 is 18.3 Å². The van der Waals surface area contributed by atoms with Crippen molar-refractivity contribution in [2.24, 2.45) is 5.92 Å². The SMILES string of the molecule is O=C(CC1CCCCC1)N1CCN(Cc2ccc(OC(F)F)cc2)CC1.